The highest BCUT2D eigenvalue weighted by Gasteiger charge is 2.72. The van der Waals surface area contributed by atoms with Crippen LogP contribution in [-0.2, 0) is 8.85 Å². The summed E-state index contributed by atoms with van der Waals surface area (Å²) < 4.78 is 15.2. The molecule has 172 valence electrons. The topological polar surface area (TPSA) is 18.5 Å². The Bertz CT molecular complexity index is 691. The number of rotatable bonds is 3. The highest BCUT2D eigenvalue weighted by atomic mass is 28.4. The van der Waals surface area contributed by atoms with Gasteiger partial charge in [0, 0.05) is 15.5 Å². The van der Waals surface area contributed by atoms with Gasteiger partial charge in [0.1, 0.15) is 0 Å². The average molecular weight is 433 g/mol. The predicted molar refractivity (Wildman–Crippen MR) is 131 cm³/mol. The van der Waals surface area contributed by atoms with Crippen LogP contribution in [0.2, 0.25) is 10.1 Å². The van der Waals surface area contributed by atoms with E-state index in [0.717, 1.165) is 12.8 Å². The van der Waals surface area contributed by atoms with Gasteiger partial charge in [-0.25, -0.2) is 0 Å². The Morgan fingerprint density at radius 2 is 1.70 bits per heavy atom. The van der Waals surface area contributed by atoms with E-state index in [9.17, 15) is 0 Å². The molecule has 1 heterocycles. The van der Waals surface area contributed by atoms with Gasteiger partial charge in [-0.2, -0.15) is 0 Å². The quantitative estimate of drug-likeness (QED) is 0.329. The Labute approximate surface area is 188 Å². The van der Waals surface area contributed by atoms with Crippen LogP contribution >= 0.6 is 0 Å². The van der Waals surface area contributed by atoms with Gasteiger partial charge < -0.3 is 8.85 Å². The second-order valence-corrected chi connectivity index (χ2v) is 17.8. The fourth-order valence-corrected chi connectivity index (χ4v) is 11.9. The first-order valence-electron chi connectivity index (χ1n) is 12.4. The molecule has 0 bridgehead atoms. The Hall–Kier alpha value is -0.383. The summed E-state index contributed by atoms with van der Waals surface area (Å²) in [5, 5.41) is 0.00130. The van der Waals surface area contributed by atoms with Crippen molar-refractivity contribution in [3.63, 3.8) is 0 Å². The zero-order valence-electron chi connectivity index (χ0n) is 21.6. The van der Waals surface area contributed by atoms with Crippen LogP contribution in [0.1, 0.15) is 114 Å². The largest absolute Gasteiger partial charge is 0.384 e. The molecule has 0 aromatic rings. The minimum atomic E-state index is -2.60. The van der Waals surface area contributed by atoms with E-state index in [4.69, 9.17) is 8.85 Å². The Balaban J connectivity index is 2.30. The van der Waals surface area contributed by atoms with E-state index in [1.54, 1.807) is 0 Å². The Morgan fingerprint density at radius 1 is 1.07 bits per heavy atom. The average Bonchev–Trinajstić information content (AvgIpc) is 2.97. The molecule has 3 rings (SSSR count). The highest BCUT2D eigenvalue weighted by Crippen LogP contribution is 2.65. The van der Waals surface area contributed by atoms with Gasteiger partial charge in [0.2, 0.25) is 0 Å². The van der Waals surface area contributed by atoms with E-state index in [1.807, 2.05) is 0 Å². The molecular weight excluding hydrogens is 384 g/mol. The van der Waals surface area contributed by atoms with E-state index < -0.39 is 8.56 Å². The monoisotopic (exact) mass is 432 g/mol. The van der Waals surface area contributed by atoms with Gasteiger partial charge in [0.05, 0.1) is 11.7 Å². The normalized spacial score (nSPS) is 36.9. The van der Waals surface area contributed by atoms with E-state index in [0.29, 0.717) is 0 Å². The van der Waals surface area contributed by atoms with Crippen LogP contribution < -0.4 is 0 Å². The van der Waals surface area contributed by atoms with Gasteiger partial charge in [-0.3, -0.25) is 0 Å². The zero-order chi connectivity index (χ0) is 22.6. The van der Waals surface area contributed by atoms with Gasteiger partial charge in [0.15, 0.2) is 0 Å². The summed E-state index contributed by atoms with van der Waals surface area (Å²) in [7, 11) is -2.60. The lowest BCUT2D eigenvalue weighted by molar-refractivity contribution is -0.0706. The van der Waals surface area contributed by atoms with Crippen LogP contribution in [0.5, 0.6) is 0 Å². The van der Waals surface area contributed by atoms with Gasteiger partial charge in [-0.1, -0.05) is 100 Å². The third kappa shape index (κ3) is 3.51. The van der Waals surface area contributed by atoms with Crippen molar-refractivity contribution in [3.8, 4) is 0 Å². The standard InChI is InChI=1S/C27H48O2Si/c1-11-12-20-27-22(28-30(29-27,23(2,3)4)24(5,6)7)21-16-13-14-18-26(21,10)19-15-17-25(27,8)9/h15-16,19,22H,11-14,17-18,20H2,1-10H3/b19-15-/t22-,26+,27+/m1/s1. The van der Waals surface area contributed by atoms with Crippen molar-refractivity contribution >= 4 is 8.56 Å². The Morgan fingerprint density at radius 3 is 2.27 bits per heavy atom. The van der Waals surface area contributed by atoms with Crippen LogP contribution in [0.25, 0.3) is 0 Å². The lowest BCUT2D eigenvalue weighted by Gasteiger charge is -2.52. The third-order valence-corrected chi connectivity index (χ3v) is 13.5. The van der Waals surface area contributed by atoms with Gasteiger partial charge in [-0.15, -0.1) is 0 Å². The van der Waals surface area contributed by atoms with Crippen molar-refractivity contribution < 1.29 is 8.85 Å². The van der Waals surface area contributed by atoms with Gasteiger partial charge >= 0.3 is 8.56 Å². The Kier molecular flexibility index (Phi) is 6.14. The molecule has 2 aliphatic carbocycles. The summed E-state index contributed by atoms with van der Waals surface area (Å²) >= 11 is 0. The summed E-state index contributed by atoms with van der Waals surface area (Å²) in [6.45, 7) is 23.8. The zero-order valence-corrected chi connectivity index (χ0v) is 22.6. The van der Waals surface area contributed by atoms with Crippen LogP contribution in [0.4, 0.5) is 0 Å². The van der Waals surface area contributed by atoms with Crippen LogP contribution in [0.15, 0.2) is 23.8 Å². The summed E-state index contributed by atoms with van der Waals surface area (Å²) in [6, 6.07) is 0. The minimum absolute atomic E-state index is 0.000651. The molecule has 0 N–H and O–H groups in total. The molecule has 3 atom stereocenters. The minimum Gasteiger partial charge on any atom is -0.384 e. The molecule has 3 aliphatic rings. The maximum absolute atomic E-state index is 7.66. The fraction of sp³-hybridized carbons (Fsp3) is 0.852. The van der Waals surface area contributed by atoms with E-state index in [1.165, 1.54) is 37.7 Å². The number of hydrogen-bond donors (Lipinski definition) is 0. The second kappa shape index (κ2) is 7.59. The van der Waals surface area contributed by atoms with E-state index in [2.05, 4.69) is 87.5 Å². The van der Waals surface area contributed by atoms with Crippen LogP contribution in [0.3, 0.4) is 0 Å². The first-order valence-corrected chi connectivity index (χ1v) is 14.2. The molecule has 0 saturated carbocycles. The second-order valence-electron chi connectivity index (χ2n) is 13.2. The van der Waals surface area contributed by atoms with Crippen molar-refractivity contribution in [3.05, 3.63) is 23.8 Å². The van der Waals surface area contributed by atoms with Crippen molar-refractivity contribution in [1.82, 2.24) is 0 Å². The number of allylic oxidation sites excluding steroid dienone is 3. The van der Waals surface area contributed by atoms with E-state index >= 15 is 0 Å². The molecule has 0 spiro atoms. The van der Waals surface area contributed by atoms with Gasteiger partial charge in [-0.05, 0) is 43.1 Å². The molecule has 1 saturated heterocycles. The molecule has 1 fully saturated rings. The number of fused-ring (bicyclic) bond motifs is 3. The molecule has 30 heavy (non-hydrogen) atoms. The predicted octanol–water partition coefficient (Wildman–Crippen LogP) is 8.48. The maximum Gasteiger partial charge on any atom is 0.350 e. The highest BCUT2D eigenvalue weighted by molar-refractivity contribution is 6.74. The van der Waals surface area contributed by atoms with Crippen LogP contribution in [-0.4, -0.2) is 20.3 Å². The number of hydrogen-bond acceptors (Lipinski definition) is 2. The van der Waals surface area contributed by atoms with Crippen molar-refractivity contribution in [2.45, 2.75) is 136 Å². The fourth-order valence-electron chi connectivity index (χ4n) is 6.62. The molecule has 0 radical (unpaired) electrons. The lowest BCUT2D eigenvalue weighted by Crippen LogP contribution is -2.58. The van der Waals surface area contributed by atoms with Crippen molar-refractivity contribution in [2.24, 2.45) is 10.8 Å². The molecular formula is C27H48O2Si. The molecule has 2 nitrogen and oxygen atoms in total. The van der Waals surface area contributed by atoms with Crippen molar-refractivity contribution in [1.29, 1.82) is 0 Å². The summed E-state index contributed by atoms with van der Waals surface area (Å²) in [5.41, 5.74) is 1.37. The molecule has 0 aromatic heterocycles. The summed E-state index contributed by atoms with van der Waals surface area (Å²) in [5.74, 6) is 0. The smallest absolute Gasteiger partial charge is 0.350 e. The van der Waals surface area contributed by atoms with Gasteiger partial charge in [0.25, 0.3) is 0 Å². The van der Waals surface area contributed by atoms with E-state index in [-0.39, 0.29) is 32.6 Å². The number of unbranched alkanes of at least 4 members (excludes halogenated alkanes) is 1. The molecule has 1 aliphatic heterocycles. The maximum atomic E-state index is 7.66. The molecule has 0 aromatic carbocycles. The third-order valence-electron chi connectivity index (χ3n) is 8.38. The van der Waals surface area contributed by atoms with Crippen molar-refractivity contribution in [2.75, 3.05) is 0 Å². The molecule has 0 amide bonds. The SMILES string of the molecule is CCCC[C@]12O[Si](C(C)(C)C)(C(C)(C)C)O[C@@H]1C1=CCCC[C@@]1(C)/C=C\CC2(C)C. The molecule has 3 heteroatoms. The first kappa shape index (κ1) is 24.3. The lowest BCUT2D eigenvalue weighted by atomic mass is 9.59. The first-order chi connectivity index (χ1) is 13.7. The summed E-state index contributed by atoms with van der Waals surface area (Å²) in [6.07, 6.45) is 15.7. The summed E-state index contributed by atoms with van der Waals surface area (Å²) in [4.78, 5) is 0. The van der Waals surface area contributed by atoms with Crippen LogP contribution in [0, 0.1) is 10.8 Å². The molecule has 0 unspecified atom stereocenters.